The molecule has 2 aromatic carbocycles. The molecule has 2 aromatic rings. The van der Waals surface area contributed by atoms with Crippen LogP contribution in [0.1, 0.15) is 17.5 Å². The predicted octanol–water partition coefficient (Wildman–Crippen LogP) is 5.16. The maximum absolute atomic E-state index is 12.3. The summed E-state index contributed by atoms with van der Waals surface area (Å²) in [6, 6.07) is 11.0. The van der Waals surface area contributed by atoms with Gasteiger partial charge in [0.05, 0.1) is 27.0 Å². The lowest BCUT2D eigenvalue weighted by Crippen LogP contribution is -2.40. The molecule has 5 nitrogen and oxygen atoms in total. The summed E-state index contributed by atoms with van der Waals surface area (Å²) in [6.07, 6.45) is 1.77. The van der Waals surface area contributed by atoms with Crippen LogP contribution in [0, 0.1) is 6.92 Å². The number of hydrogen-bond acceptors (Lipinski definition) is 4. The number of hydrogen-bond donors (Lipinski definition) is 1. The normalized spacial score (nSPS) is 11.4. The van der Waals surface area contributed by atoms with Crippen LogP contribution < -0.4 is 9.62 Å². The van der Waals surface area contributed by atoms with Crippen molar-refractivity contribution in [2.45, 2.75) is 19.1 Å². The highest BCUT2D eigenvalue weighted by Gasteiger charge is 2.24. The van der Waals surface area contributed by atoms with Gasteiger partial charge in [-0.25, -0.2) is 8.42 Å². The highest BCUT2D eigenvalue weighted by atomic mass is 35.5. The lowest BCUT2D eigenvalue weighted by Gasteiger charge is -2.23. The topological polar surface area (TPSA) is 66.5 Å². The van der Waals surface area contributed by atoms with Gasteiger partial charge in [0.1, 0.15) is 6.54 Å². The third-order valence-corrected chi connectivity index (χ3v) is 7.35. The molecule has 0 aromatic heterocycles. The van der Waals surface area contributed by atoms with Crippen molar-refractivity contribution in [2.75, 3.05) is 29.4 Å². The molecule has 0 aliphatic heterocycles. The molecular formula is C20H23Cl3N2O3S2. The maximum Gasteiger partial charge on any atom is 0.240 e. The molecule has 0 saturated carbocycles. The number of carbonyl (C=O) groups excluding carboxylic acids is 1. The Labute approximate surface area is 197 Å². The summed E-state index contributed by atoms with van der Waals surface area (Å²) < 4.78 is 25.3. The first-order chi connectivity index (χ1) is 14.1. The minimum absolute atomic E-state index is 0.0928. The zero-order valence-electron chi connectivity index (χ0n) is 16.6. The number of thioether (sulfide) groups is 1. The van der Waals surface area contributed by atoms with Crippen molar-refractivity contribution in [3.8, 4) is 0 Å². The van der Waals surface area contributed by atoms with Crippen LogP contribution >= 0.6 is 46.6 Å². The first kappa shape index (κ1) is 25.1. The Morgan fingerprint density at radius 2 is 1.80 bits per heavy atom. The number of halogens is 3. The molecule has 0 saturated heterocycles. The fraction of sp³-hybridized carbons (Fsp3) is 0.350. The molecule has 1 amide bonds. The first-order valence-electron chi connectivity index (χ1n) is 9.10. The van der Waals surface area contributed by atoms with Crippen molar-refractivity contribution in [1.82, 2.24) is 5.32 Å². The van der Waals surface area contributed by atoms with E-state index in [-0.39, 0.29) is 20.8 Å². The zero-order valence-corrected chi connectivity index (χ0v) is 20.5. The molecule has 164 valence electrons. The number of carbonyl (C=O) groups is 1. The van der Waals surface area contributed by atoms with Crippen LogP contribution in [0.5, 0.6) is 0 Å². The molecule has 0 fully saturated rings. The molecule has 0 unspecified atom stereocenters. The third kappa shape index (κ3) is 7.85. The molecule has 0 atom stereocenters. The SMILES string of the molecule is Cc1cccc(CSCCCNC(=O)CN(c2cc(Cl)c(Cl)cc2Cl)S(C)(=O)=O)c1. The number of nitrogens with zero attached hydrogens (tertiary/aromatic N) is 1. The van der Waals surface area contributed by atoms with E-state index in [1.165, 1.54) is 23.3 Å². The van der Waals surface area contributed by atoms with E-state index in [2.05, 4.69) is 30.4 Å². The average Bonchev–Trinajstić information content (AvgIpc) is 2.65. The van der Waals surface area contributed by atoms with Gasteiger partial charge in [-0.1, -0.05) is 64.6 Å². The van der Waals surface area contributed by atoms with Crippen LogP contribution in [-0.4, -0.2) is 39.4 Å². The second-order valence-electron chi connectivity index (χ2n) is 6.73. The second-order valence-corrected chi connectivity index (χ2v) is 11.0. The summed E-state index contributed by atoms with van der Waals surface area (Å²) >= 11 is 19.8. The van der Waals surface area contributed by atoms with Crippen molar-refractivity contribution in [3.05, 3.63) is 62.6 Å². The Hall–Kier alpha value is -1.12. The Balaban J connectivity index is 1.84. The van der Waals surface area contributed by atoms with Crippen molar-refractivity contribution in [3.63, 3.8) is 0 Å². The van der Waals surface area contributed by atoms with Gasteiger partial charge in [-0.2, -0.15) is 11.8 Å². The Bertz CT molecular complexity index is 1000. The van der Waals surface area contributed by atoms with Crippen LogP contribution in [0.15, 0.2) is 36.4 Å². The number of anilines is 1. The van der Waals surface area contributed by atoms with E-state index in [4.69, 9.17) is 34.8 Å². The molecule has 30 heavy (non-hydrogen) atoms. The van der Waals surface area contributed by atoms with Gasteiger partial charge in [-0.3, -0.25) is 9.10 Å². The average molecular weight is 510 g/mol. The largest absolute Gasteiger partial charge is 0.354 e. The van der Waals surface area contributed by atoms with Crippen molar-refractivity contribution in [2.24, 2.45) is 0 Å². The van der Waals surface area contributed by atoms with Gasteiger partial charge in [0.25, 0.3) is 0 Å². The van der Waals surface area contributed by atoms with Gasteiger partial charge in [0.2, 0.25) is 15.9 Å². The van der Waals surface area contributed by atoms with Crippen LogP contribution in [0.2, 0.25) is 15.1 Å². The number of rotatable bonds is 10. The summed E-state index contributed by atoms with van der Waals surface area (Å²) in [4.78, 5) is 12.3. The number of nitrogens with one attached hydrogen (secondary N) is 1. The summed E-state index contributed by atoms with van der Waals surface area (Å²) in [6.45, 7) is 2.12. The van der Waals surface area contributed by atoms with Gasteiger partial charge in [0, 0.05) is 12.3 Å². The summed E-state index contributed by atoms with van der Waals surface area (Å²) in [5.41, 5.74) is 2.61. The van der Waals surface area contributed by atoms with E-state index < -0.39 is 22.5 Å². The number of sulfonamides is 1. The van der Waals surface area contributed by atoms with E-state index in [9.17, 15) is 13.2 Å². The summed E-state index contributed by atoms with van der Waals surface area (Å²) in [5, 5.41) is 3.19. The van der Waals surface area contributed by atoms with Crippen LogP contribution in [-0.2, 0) is 20.6 Å². The van der Waals surface area contributed by atoms with Crippen molar-refractivity contribution < 1.29 is 13.2 Å². The van der Waals surface area contributed by atoms with Gasteiger partial charge >= 0.3 is 0 Å². The second kappa shape index (κ2) is 11.5. The summed E-state index contributed by atoms with van der Waals surface area (Å²) in [7, 11) is -3.76. The van der Waals surface area contributed by atoms with Crippen LogP contribution in [0.25, 0.3) is 0 Å². The molecule has 0 bridgehead atoms. The van der Waals surface area contributed by atoms with E-state index in [1.807, 2.05) is 6.07 Å². The highest BCUT2D eigenvalue weighted by Crippen LogP contribution is 2.35. The Morgan fingerprint density at radius 1 is 1.10 bits per heavy atom. The predicted molar refractivity (Wildman–Crippen MR) is 129 cm³/mol. The molecule has 0 aliphatic rings. The van der Waals surface area contributed by atoms with E-state index in [0.717, 1.165) is 28.5 Å². The fourth-order valence-electron chi connectivity index (χ4n) is 2.66. The van der Waals surface area contributed by atoms with Crippen molar-refractivity contribution in [1.29, 1.82) is 0 Å². The standard InChI is InChI=1S/C20H23Cl3N2O3S2/c1-14-5-3-6-15(9-14)13-29-8-4-7-24-20(26)12-25(30(2,27)28)19-11-17(22)16(21)10-18(19)23/h3,5-6,9-11H,4,7-8,12-13H2,1-2H3,(H,24,26). The first-order valence-corrected chi connectivity index (χ1v) is 13.2. The molecule has 2 rings (SSSR count). The number of amides is 1. The molecule has 10 heteroatoms. The minimum atomic E-state index is -3.76. The minimum Gasteiger partial charge on any atom is -0.354 e. The molecule has 0 aliphatic carbocycles. The van der Waals surface area contributed by atoms with E-state index in [0.29, 0.717) is 6.54 Å². The molecule has 0 heterocycles. The maximum atomic E-state index is 12.3. The van der Waals surface area contributed by atoms with Gasteiger partial charge < -0.3 is 5.32 Å². The smallest absolute Gasteiger partial charge is 0.240 e. The number of aryl methyl sites for hydroxylation is 1. The quantitative estimate of drug-likeness (QED) is 0.355. The highest BCUT2D eigenvalue weighted by molar-refractivity contribution is 7.98. The number of benzene rings is 2. The third-order valence-electron chi connectivity index (χ3n) is 4.08. The lowest BCUT2D eigenvalue weighted by atomic mass is 10.2. The molecular weight excluding hydrogens is 487 g/mol. The zero-order chi connectivity index (χ0) is 22.3. The Morgan fingerprint density at radius 3 is 2.47 bits per heavy atom. The van der Waals surface area contributed by atoms with E-state index >= 15 is 0 Å². The van der Waals surface area contributed by atoms with Gasteiger partial charge in [0.15, 0.2) is 0 Å². The van der Waals surface area contributed by atoms with Crippen LogP contribution in [0.3, 0.4) is 0 Å². The molecule has 0 spiro atoms. The molecule has 0 radical (unpaired) electrons. The van der Waals surface area contributed by atoms with E-state index in [1.54, 1.807) is 11.8 Å². The lowest BCUT2D eigenvalue weighted by molar-refractivity contribution is -0.119. The van der Waals surface area contributed by atoms with Gasteiger partial charge in [-0.05, 0) is 36.8 Å². The van der Waals surface area contributed by atoms with Crippen LogP contribution in [0.4, 0.5) is 5.69 Å². The van der Waals surface area contributed by atoms with Gasteiger partial charge in [-0.15, -0.1) is 0 Å². The monoisotopic (exact) mass is 508 g/mol. The molecule has 1 N–H and O–H groups in total. The van der Waals surface area contributed by atoms with Crippen molar-refractivity contribution >= 4 is 68.2 Å². The summed E-state index contributed by atoms with van der Waals surface area (Å²) in [5.74, 6) is 1.36. The fourth-order valence-corrected chi connectivity index (χ4v) is 5.13. The Kier molecular flexibility index (Phi) is 9.63.